The molecule has 1 aromatic carbocycles. The van der Waals surface area contributed by atoms with Gasteiger partial charge in [0, 0.05) is 37.1 Å². The lowest BCUT2D eigenvalue weighted by Gasteiger charge is -2.23. The van der Waals surface area contributed by atoms with Crippen LogP contribution in [0.4, 0.5) is 14.5 Å². The first-order valence-corrected chi connectivity index (χ1v) is 8.98. The number of rotatable bonds is 8. The van der Waals surface area contributed by atoms with Gasteiger partial charge in [0.2, 0.25) is 0 Å². The number of aromatic nitrogens is 1. The lowest BCUT2D eigenvalue weighted by molar-refractivity contribution is -0.0498. The van der Waals surface area contributed by atoms with E-state index in [1.54, 1.807) is 12.1 Å². The molecule has 0 atom stereocenters. The van der Waals surface area contributed by atoms with Gasteiger partial charge in [-0.05, 0) is 37.0 Å². The van der Waals surface area contributed by atoms with Crippen LogP contribution in [0.5, 0.6) is 5.75 Å². The molecule has 2 aromatic rings. The van der Waals surface area contributed by atoms with Gasteiger partial charge in [0.25, 0.3) is 0 Å². The van der Waals surface area contributed by atoms with Crippen molar-refractivity contribution >= 4 is 17.7 Å². The summed E-state index contributed by atoms with van der Waals surface area (Å²) in [4.78, 5) is 15.4. The number of aldehydes is 1. The maximum atomic E-state index is 12.5. The van der Waals surface area contributed by atoms with Crippen LogP contribution in [-0.2, 0) is 4.74 Å². The van der Waals surface area contributed by atoms with Crippen LogP contribution >= 0.6 is 0 Å². The predicted molar refractivity (Wildman–Crippen MR) is 101 cm³/mol. The van der Waals surface area contributed by atoms with Gasteiger partial charge in [0.1, 0.15) is 11.4 Å². The highest BCUT2D eigenvalue weighted by Crippen LogP contribution is 2.23. The van der Waals surface area contributed by atoms with Gasteiger partial charge in [-0.3, -0.25) is 15.2 Å². The Bertz CT molecular complexity index is 839. The summed E-state index contributed by atoms with van der Waals surface area (Å²) in [6.45, 7) is -0.828. The summed E-state index contributed by atoms with van der Waals surface area (Å²) >= 11 is 0. The summed E-state index contributed by atoms with van der Waals surface area (Å²) in [5, 5.41) is 11.8. The second kappa shape index (κ2) is 9.36. The minimum atomic E-state index is -2.94. The van der Waals surface area contributed by atoms with E-state index < -0.39 is 6.61 Å². The molecular formula is C20H21F2N3O3. The Morgan fingerprint density at radius 3 is 2.86 bits per heavy atom. The average Bonchev–Trinajstić information content (AvgIpc) is 2.72. The molecule has 6 nitrogen and oxygen atoms in total. The molecule has 1 aliphatic heterocycles. The first kappa shape index (κ1) is 19.9. The van der Waals surface area contributed by atoms with E-state index in [0.29, 0.717) is 41.3 Å². The highest BCUT2D eigenvalue weighted by molar-refractivity contribution is 6.13. The maximum Gasteiger partial charge on any atom is 0.387 e. The van der Waals surface area contributed by atoms with Crippen LogP contribution in [0.15, 0.2) is 36.5 Å². The number of halogens is 2. The fraction of sp³-hybridized carbons (Fsp3) is 0.350. The molecule has 0 amide bonds. The first-order valence-electron chi connectivity index (χ1n) is 8.98. The van der Waals surface area contributed by atoms with Crippen LogP contribution in [0.2, 0.25) is 0 Å². The van der Waals surface area contributed by atoms with Gasteiger partial charge < -0.3 is 14.8 Å². The molecule has 8 heteroatoms. The van der Waals surface area contributed by atoms with Crippen molar-refractivity contribution in [2.75, 3.05) is 25.1 Å². The van der Waals surface area contributed by atoms with Gasteiger partial charge in [-0.15, -0.1) is 0 Å². The van der Waals surface area contributed by atoms with E-state index in [1.165, 1.54) is 24.4 Å². The zero-order valence-corrected chi connectivity index (χ0v) is 15.2. The van der Waals surface area contributed by atoms with Crippen LogP contribution in [0.3, 0.4) is 0 Å². The van der Waals surface area contributed by atoms with Gasteiger partial charge in [0.05, 0.1) is 11.4 Å². The molecule has 1 fully saturated rings. The molecule has 0 bridgehead atoms. The molecule has 2 heterocycles. The second-order valence-corrected chi connectivity index (χ2v) is 6.50. The molecule has 1 aliphatic rings. The monoisotopic (exact) mass is 389 g/mol. The molecule has 28 heavy (non-hydrogen) atoms. The number of hydrogen-bond acceptors (Lipinski definition) is 6. The first-order chi connectivity index (χ1) is 13.6. The minimum Gasteiger partial charge on any atom is -0.435 e. The quantitative estimate of drug-likeness (QED) is 0.531. The van der Waals surface area contributed by atoms with Gasteiger partial charge in [-0.1, -0.05) is 12.1 Å². The van der Waals surface area contributed by atoms with E-state index in [0.717, 1.165) is 26.1 Å². The third kappa shape index (κ3) is 5.10. The number of pyridine rings is 1. The van der Waals surface area contributed by atoms with Crippen LogP contribution in [0.1, 0.15) is 34.5 Å². The smallest absolute Gasteiger partial charge is 0.387 e. The SMILES string of the molecule is N=C(c1cccc(OC(F)F)c1)c1ncc(C=O)cc1NCC1CCOCC1. The third-order valence-electron chi connectivity index (χ3n) is 4.55. The number of carbonyl (C=O) groups excluding carboxylic acids is 1. The number of carbonyl (C=O) groups is 1. The summed E-state index contributed by atoms with van der Waals surface area (Å²) in [6, 6.07) is 7.57. The molecule has 0 unspecified atom stereocenters. The van der Waals surface area contributed by atoms with E-state index in [4.69, 9.17) is 10.1 Å². The Hall–Kier alpha value is -2.87. The molecular weight excluding hydrogens is 368 g/mol. The Balaban J connectivity index is 1.83. The highest BCUT2D eigenvalue weighted by atomic mass is 19.3. The van der Waals surface area contributed by atoms with E-state index >= 15 is 0 Å². The Labute approximate surface area is 161 Å². The Morgan fingerprint density at radius 1 is 1.36 bits per heavy atom. The topological polar surface area (TPSA) is 84.3 Å². The minimum absolute atomic E-state index is 0.0292. The van der Waals surface area contributed by atoms with Crippen molar-refractivity contribution in [1.82, 2.24) is 4.98 Å². The number of alkyl halides is 2. The summed E-state index contributed by atoms with van der Waals surface area (Å²) in [7, 11) is 0. The molecule has 0 saturated carbocycles. The van der Waals surface area contributed by atoms with E-state index in [-0.39, 0.29) is 11.5 Å². The van der Waals surface area contributed by atoms with Gasteiger partial charge >= 0.3 is 6.61 Å². The lowest BCUT2D eigenvalue weighted by Crippen LogP contribution is -2.23. The highest BCUT2D eigenvalue weighted by Gasteiger charge is 2.17. The normalized spacial score (nSPS) is 14.7. The van der Waals surface area contributed by atoms with Crippen LogP contribution in [-0.4, -0.2) is 43.4 Å². The largest absolute Gasteiger partial charge is 0.435 e. The second-order valence-electron chi connectivity index (χ2n) is 6.50. The number of hydrogen-bond donors (Lipinski definition) is 2. The van der Waals surface area contributed by atoms with Crippen LogP contribution in [0, 0.1) is 11.3 Å². The average molecular weight is 389 g/mol. The van der Waals surface area contributed by atoms with Crippen molar-refractivity contribution in [3.8, 4) is 5.75 Å². The molecule has 1 aromatic heterocycles. The van der Waals surface area contributed by atoms with Gasteiger partial charge in [-0.2, -0.15) is 8.78 Å². The molecule has 2 N–H and O–H groups in total. The maximum absolute atomic E-state index is 12.5. The standard InChI is InChI=1S/C20H21F2N3O3/c21-20(22)28-16-3-1-2-15(9-16)18(23)19-17(8-14(12-26)11-25-19)24-10-13-4-6-27-7-5-13/h1-3,8-9,11-13,20,23-24H,4-7,10H2. The number of nitrogens with zero attached hydrogens (tertiary/aromatic N) is 1. The van der Waals surface area contributed by atoms with E-state index in [1.807, 2.05) is 0 Å². The molecule has 0 aliphatic carbocycles. The summed E-state index contributed by atoms with van der Waals surface area (Å²) < 4.78 is 34.7. The Morgan fingerprint density at radius 2 is 2.14 bits per heavy atom. The number of ether oxygens (including phenoxy) is 2. The zero-order chi connectivity index (χ0) is 19.9. The molecule has 3 rings (SSSR count). The van der Waals surface area contributed by atoms with Crippen molar-refractivity contribution in [1.29, 1.82) is 5.41 Å². The third-order valence-corrected chi connectivity index (χ3v) is 4.55. The summed E-state index contributed by atoms with van der Waals surface area (Å²) in [6.07, 6.45) is 3.95. The van der Waals surface area contributed by atoms with E-state index in [9.17, 15) is 13.6 Å². The lowest BCUT2D eigenvalue weighted by atomic mass is 9.99. The van der Waals surface area contributed by atoms with Crippen molar-refractivity contribution in [2.24, 2.45) is 5.92 Å². The Kier molecular flexibility index (Phi) is 6.65. The van der Waals surface area contributed by atoms with Crippen LogP contribution in [0.25, 0.3) is 0 Å². The van der Waals surface area contributed by atoms with Crippen molar-refractivity contribution in [3.63, 3.8) is 0 Å². The van der Waals surface area contributed by atoms with E-state index in [2.05, 4.69) is 15.0 Å². The number of anilines is 1. The summed E-state index contributed by atoms with van der Waals surface area (Å²) in [5.41, 5.74) is 1.72. The molecule has 0 spiro atoms. The van der Waals surface area contributed by atoms with Gasteiger partial charge in [0.15, 0.2) is 6.29 Å². The molecule has 0 radical (unpaired) electrons. The number of nitrogens with one attached hydrogen (secondary N) is 2. The number of benzene rings is 1. The summed E-state index contributed by atoms with van der Waals surface area (Å²) in [5.74, 6) is 0.400. The van der Waals surface area contributed by atoms with Crippen LogP contribution < -0.4 is 10.1 Å². The van der Waals surface area contributed by atoms with Crippen molar-refractivity contribution in [3.05, 3.63) is 53.3 Å². The predicted octanol–water partition coefficient (Wildman–Crippen LogP) is 3.75. The van der Waals surface area contributed by atoms with Crippen molar-refractivity contribution in [2.45, 2.75) is 19.5 Å². The van der Waals surface area contributed by atoms with Crippen molar-refractivity contribution < 1.29 is 23.0 Å². The molecule has 148 valence electrons. The fourth-order valence-corrected chi connectivity index (χ4v) is 3.05. The molecule has 1 saturated heterocycles. The fourth-order valence-electron chi connectivity index (χ4n) is 3.05. The zero-order valence-electron chi connectivity index (χ0n) is 15.2. The van der Waals surface area contributed by atoms with Gasteiger partial charge in [-0.25, -0.2) is 0 Å².